The highest BCUT2D eigenvalue weighted by Gasteiger charge is 2.41. The van der Waals surface area contributed by atoms with Gasteiger partial charge in [0.2, 0.25) is 0 Å². The first-order valence-corrected chi connectivity index (χ1v) is 15.4. The lowest BCUT2D eigenvalue weighted by atomic mass is 9.93. The lowest BCUT2D eigenvalue weighted by molar-refractivity contribution is -0.103. The topological polar surface area (TPSA) is 26.3 Å². The Bertz CT molecular complexity index is 510. The second-order valence-electron chi connectivity index (χ2n) is 9.50. The maximum Gasteiger partial charge on any atom is 0.192 e. The third-order valence-corrected chi connectivity index (χ3v) is 12.3. The molecule has 0 aromatic heterocycles. The fraction of sp³-hybridized carbons (Fsp3) is 0.750. The van der Waals surface area contributed by atoms with Gasteiger partial charge >= 0.3 is 0 Å². The molecule has 2 nitrogen and oxygen atoms in total. The largest absolute Gasteiger partial charge is 0.412 e. The number of hydrogen-bond acceptors (Lipinski definition) is 2. The molecule has 0 bridgehead atoms. The Morgan fingerprint density at radius 2 is 1.58 bits per heavy atom. The van der Waals surface area contributed by atoms with Crippen molar-refractivity contribution in [3.05, 3.63) is 11.3 Å². The van der Waals surface area contributed by atoms with Crippen LogP contribution >= 0.6 is 0 Å². The van der Waals surface area contributed by atoms with Crippen LogP contribution in [0, 0.1) is 23.7 Å². The fourth-order valence-electron chi connectivity index (χ4n) is 2.17. The predicted molar refractivity (Wildman–Crippen MR) is 111 cm³/mol. The molecule has 0 spiro atoms. The first-order valence-electron chi connectivity index (χ1n) is 8.95. The zero-order valence-electron chi connectivity index (χ0n) is 17.7. The molecule has 0 aliphatic carbocycles. The molecule has 0 saturated heterocycles. The third-order valence-electron chi connectivity index (χ3n) is 5.31. The minimum atomic E-state index is -1.90. The van der Waals surface area contributed by atoms with Crippen LogP contribution in [0.3, 0.4) is 0 Å². The summed E-state index contributed by atoms with van der Waals surface area (Å²) in [5, 5.41) is 1.65. The maximum absolute atomic E-state index is 10.6. The highest BCUT2D eigenvalue weighted by atomic mass is 28.4. The minimum Gasteiger partial charge on any atom is -0.412 e. The van der Waals surface area contributed by atoms with E-state index in [1.54, 1.807) is 0 Å². The highest BCUT2D eigenvalue weighted by molar-refractivity contribution is 6.82. The van der Waals surface area contributed by atoms with Crippen LogP contribution in [0.25, 0.3) is 0 Å². The quantitative estimate of drug-likeness (QED) is 0.344. The normalized spacial score (nSPS) is 17.5. The summed E-state index contributed by atoms with van der Waals surface area (Å²) in [4.78, 5) is 10.6. The van der Waals surface area contributed by atoms with Crippen molar-refractivity contribution < 1.29 is 9.22 Å². The molecule has 0 aromatic rings. The van der Waals surface area contributed by atoms with Crippen LogP contribution in [0.15, 0.2) is 11.3 Å². The van der Waals surface area contributed by atoms with E-state index in [4.69, 9.17) is 4.43 Å². The number of carbonyl (C=O) groups excluding carboxylic acids is 1. The SMILES string of the molecule is C/C(=C/[C@H](C)[C@@H](O[Si](C)(C)C(C)(C)C)[C@@H](C)C#CC=O)[Si](C)(C)C. The molecule has 0 amide bonds. The molecule has 0 heterocycles. The summed E-state index contributed by atoms with van der Waals surface area (Å²) < 4.78 is 6.73. The van der Waals surface area contributed by atoms with Gasteiger partial charge in [-0.3, -0.25) is 4.79 Å². The van der Waals surface area contributed by atoms with Crippen LogP contribution in [-0.4, -0.2) is 28.8 Å². The Kier molecular flexibility index (Phi) is 8.41. The smallest absolute Gasteiger partial charge is 0.192 e. The van der Waals surface area contributed by atoms with Crippen molar-refractivity contribution >= 4 is 22.7 Å². The molecule has 4 heteroatoms. The second kappa shape index (κ2) is 8.64. The standard InChI is InChI=1S/C20H38O2Si2/c1-16(13-12-14-21)19(22-24(10,11)20(4,5)6)17(2)15-18(3)23(7,8)9/h14-17,19H,1-11H3/b18-15-/t16-,17-,19-/m0/s1. The highest BCUT2D eigenvalue weighted by Crippen LogP contribution is 2.39. The Morgan fingerprint density at radius 3 is 1.96 bits per heavy atom. The Labute approximate surface area is 152 Å². The van der Waals surface area contributed by atoms with Crippen molar-refractivity contribution in [3.8, 4) is 11.8 Å². The van der Waals surface area contributed by atoms with Gasteiger partial charge in [0.25, 0.3) is 0 Å². The van der Waals surface area contributed by atoms with Crippen molar-refractivity contribution in [1.82, 2.24) is 0 Å². The second-order valence-corrected chi connectivity index (χ2v) is 19.5. The van der Waals surface area contributed by atoms with Crippen LogP contribution < -0.4 is 0 Å². The monoisotopic (exact) mass is 366 g/mol. The van der Waals surface area contributed by atoms with Crippen molar-refractivity contribution in [2.24, 2.45) is 11.8 Å². The van der Waals surface area contributed by atoms with E-state index in [1.165, 1.54) is 5.20 Å². The van der Waals surface area contributed by atoms with Gasteiger partial charge in [0, 0.05) is 11.8 Å². The molecule has 24 heavy (non-hydrogen) atoms. The average Bonchev–Trinajstić information content (AvgIpc) is 2.39. The summed E-state index contributed by atoms with van der Waals surface area (Å²) in [5.74, 6) is 5.96. The third kappa shape index (κ3) is 7.08. The summed E-state index contributed by atoms with van der Waals surface area (Å²) >= 11 is 0. The van der Waals surface area contributed by atoms with Crippen molar-refractivity contribution in [2.45, 2.75) is 85.4 Å². The van der Waals surface area contributed by atoms with Crippen LogP contribution in [-0.2, 0) is 9.22 Å². The van der Waals surface area contributed by atoms with Crippen molar-refractivity contribution in [1.29, 1.82) is 0 Å². The van der Waals surface area contributed by atoms with Crippen LogP contribution in [0.1, 0.15) is 41.5 Å². The summed E-state index contributed by atoms with van der Waals surface area (Å²) in [7, 11) is -3.20. The minimum absolute atomic E-state index is 0.0182. The van der Waals surface area contributed by atoms with E-state index in [9.17, 15) is 4.79 Å². The fourth-order valence-corrected chi connectivity index (χ4v) is 4.38. The molecule has 0 rings (SSSR count). The molecule has 0 fully saturated rings. The van der Waals surface area contributed by atoms with E-state index in [2.05, 4.69) is 92.2 Å². The summed E-state index contributed by atoms with van der Waals surface area (Å²) in [5.41, 5.74) is 0. The molecule has 0 saturated carbocycles. The Morgan fingerprint density at radius 1 is 1.08 bits per heavy atom. The number of hydrogen-bond donors (Lipinski definition) is 0. The molecule has 0 aliphatic rings. The van der Waals surface area contributed by atoms with Crippen LogP contribution in [0.4, 0.5) is 0 Å². The van der Waals surface area contributed by atoms with Crippen molar-refractivity contribution in [3.63, 3.8) is 0 Å². The molecule has 3 atom stereocenters. The zero-order chi connectivity index (χ0) is 19.3. The van der Waals surface area contributed by atoms with Crippen LogP contribution in [0.5, 0.6) is 0 Å². The molecule has 0 radical (unpaired) electrons. The Balaban J connectivity index is 5.69. The molecule has 0 N–H and O–H groups in total. The first-order chi connectivity index (χ1) is 10.6. The zero-order valence-corrected chi connectivity index (χ0v) is 19.7. The van der Waals surface area contributed by atoms with Gasteiger partial charge in [0.15, 0.2) is 14.6 Å². The maximum atomic E-state index is 10.6. The molecule has 0 aliphatic heterocycles. The van der Waals surface area contributed by atoms with Gasteiger partial charge in [0.05, 0.1) is 14.2 Å². The summed E-state index contributed by atoms with van der Waals surface area (Å²) in [6.45, 7) is 25.0. The number of allylic oxidation sites excluding steroid dienone is 1. The molecule has 0 unspecified atom stereocenters. The summed E-state index contributed by atoms with van der Waals surface area (Å²) in [6, 6.07) is 0. The molecular formula is C20H38O2Si2. The molecule has 0 aromatic carbocycles. The predicted octanol–water partition coefficient (Wildman–Crippen LogP) is 5.68. The average molecular weight is 367 g/mol. The van der Waals surface area contributed by atoms with Gasteiger partial charge in [0.1, 0.15) is 0 Å². The van der Waals surface area contributed by atoms with Gasteiger partial charge in [-0.2, -0.15) is 0 Å². The van der Waals surface area contributed by atoms with E-state index in [0.29, 0.717) is 6.29 Å². The van der Waals surface area contributed by atoms with Gasteiger partial charge < -0.3 is 4.43 Å². The number of rotatable bonds is 6. The van der Waals surface area contributed by atoms with Crippen molar-refractivity contribution in [2.75, 3.05) is 0 Å². The van der Waals surface area contributed by atoms with E-state index in [-0.39, 0.29) is 23.0 Å². The lowest BCUT2D eigenvalue weighted by Gasteiger charge is -2.42. The van der Waals surface area contributed by atoms with E-state index < -0.39 is 16.4 Å². The Hall–Kier alpha value is -0.636. The van der Waals surface area contributed by atoms with Gasteiger partial charge in [-0.15, -0.1) is 0 Å². The van der Waals surface area contributed by atoms with E-state index in [0.717, 1.165) is 0 Å². The van der Waals surface area contributed by atoms with Gasteiger partial charge in [-0.05, 0) is 37.9 Å². The van der Waals surface area contributed by atoms with E-state index >= 15 is 0 Å². The number of carbonyl (C=O) groups is 1. The van der Waals surface area contributed by atoms with Crippen LogP contribution in [0.2, 0.25) is 37.8 Å². The molecule has 138 valence electrons. The van der Waals surface area contributed by atoms with Gasteiger partial charge in [-0.1, -0.05) is 64.5 Å². The first kappa shape index (κ1) is 23.4. The molecular weight excluding hydrogens is 328 g/mol. The van der Waals surface area contributed by atoms with E-state index in [1.807, 2.05) is 0 Å². The van der Waals surface area contributed by atoms with Gasteiger partial charge in [-0.25, -0.2) is 0 Å². The lowest BCUT2D eigenvalue weighted by Crippen LogP contribution is -2.47. The number of aldehydes is 1. The summed E-state index contributed by atoms with van der Waals surface area (Å²) in [6.07, 6.45) is 3.07.